The van der Waals surface area contributed by atoms with E-state index in [1.165, 1.54) is 6.92 Å². The molecule has 0 aliphatic carbocycles. The van der Waals surface area contributed by atoms with Gasteiger partial charge in [0.25, 0.3) is 0 Å². The molecule has 0 saturated carbocycles. The lowest BCUT2D eigenvalue weighted by Crippen LogP contribution is -2.44. The van der Waals surface area contributed by atoms with Gasteiger partial charge in [-0.15, -0.1) is 0 Å². The van der Waals surface area contributed by atoms with Gasteiger partial charge in [-0.1, -0.05) is 18.2 Å². The zero-order valence-corrected chi connectivity index (χ0v) is 21.0. The van der Waals surface area contributed by atoms with E-state index in [0.717, 1.165) is 24.9 Å². The van der Waals surface area contributed by atoms with Crippen LogP contribution in [-0.4, -0.2) is 86.5 Å². The average Bonchev–Trinajstić information content (AvgIpc) is 3.32. The fourth-order valence-electron chi connectivity index (χ4n) is 4.45. The van der Waals surface area contributed by atoms with Crippen molar-refractivity contribution in [2.45, 2.75) is 50.3 Å². The van der Waals surface area contributed by atoms with Gasteiger partial charge < -0.3 is 40.1 Å². The summed E-state index contributed by atoms with van der Waals surface area (Å²) in [6.07, 6.45) is -1.28. The molecule has 0 radical (unpaired) electrons. The molecular weight excluding hydrogens is 464 g/mol. The number of phenols is 1. The second-order valence-electron chi connectivity index (χ2n) is 9.69. The van der Waals surface area contributed by atoms with Gasteiger partial charge in [-0.05, 0) is 70.2 Å². The molecule has 5 N–H and O–H groups in total. The largest absolute Gasteiger partial charge is 0.504 e. The molecule has 1 saturated heterocycles. The molecule has 0 amide bonds. The maximum atomic E-state index is 11.1. The van der Waals surface area contributed by atoms with Gasteiger partial charge >= 0.3 is 0 Å². The zero-order valence-electron chi connectivity index (χ0n) is 21.0. The maximum Gasteiger partial charge on any atom is 0.206 e. The van der Waals surface area contributed by atoms with Gasteiger partial charge in [-0.2, -0.15) is 0 Å². The Hall–Kier alpha value is -2.89. The summed E-state index contributed by atoms with van der Waals surface area (Å²) in [7, 11) is 4.06. The van der Waals surface area contributed by atoms with Crippen molar-refractivity contribution in [3.8, 4) is 11.5 Å². The van der Waals surface area contributed by atoms with Crippen molar-refractivity contribution >= 4 is 17.0 Å². The molecule has 10 nitrogen and oxygen atoms in total. The third-order valence-electron chi connectivity index (χ3n) is 6.50. The third-order valence-corrected chi connectivity index (χ3v) is 6.50. The SMILES string of the molecule is CN(C)CCCCOc1cc(CNc2nc3ccccc3n2C2OC(CO)C(O)C2(C)O)ccc1O. The Kier molecular flexibility index (Phi) is 8.01. The van der Waals surface area contributed by atoms with Crippen LogP contribution >= 0.6 is 0 Å². The smallest absolute Gasteiger partial charge is 0.206 e. The molecule has 1 aliphatic heterocycles. The van der Waals surface area contributed by atoms with Gasteiger partial charge in [0.1, 0.15) is 17.8 Å². The highest BCUT2D eigenvalue weighted by Gasteiger charge is 2.53. The Labute approximate surface area is 210 Å². The highest BCUT2D eigenvalue weighted by atomic mass is 16.6. The highest BCUT2D eigenvalue weighted by molar-refractivity contribution is 5.79. The number of fused-ring (bicyclic) bond motifs is 1. The zero-order chi connectivity index (χ0) is 25.9. The Balaban J connectivity index is 1.53. The highest BCUT2D eigenvalue weighted by Crippen LogP contribution is 2.41. The normalized spacial score (nSPS) is 24.0. The number of unbranched alkanes of at least 4 members (excludes halogenated alkanes) is 1. The van der Waals surface area contributed by atoms with Crippen molar-refractivity contribution in [2.75, 3.05) is 39.2 Å². The van der Waals surface area contributed by atoms with Crippen LogP contribution in [0.4, 0.5) is 5.95 Å². The molecule has 4 rings (SSSR count). The summed E-state index contributed by atoms with van der Waals surface area (Å²) in [6.45, 7) is 2.92. The van der Waals surface area contributed by atoms with Crippen LogP contribution in [-0.2, 0) is 11.3 Å². The number of phenolic OH excluding ortho intramolecular Hbond substituents is 1. The first kappa shape index (κ1) is 26.2. The van der Waals surface area contributed by atoms with Gasteiger partial charge in [0.2, 0.25) is 5.95 Å². The average molecular weight is 501 g/mol. The number of aliphatic hydroxyl groups excluding tert-OH is 2. The minimum atomic E-state index is -1.65. The maximum absolute atomic E-state index is 11.1. The lowest BCUT2D eigenvalue weighted by Gasteiger charge is -2.29. The summed E-state index contributed by atoms with van der Waals surface area (Å²) < 4.78 is 13.4. The number of anilines is 1. The molecule has 10 heteroatoms. The number of ether oxygens (including phenoxy) is 2. The fraction of sp³-hybridized carbons (Fsp3) is 0.500. The first-order valence-corrected chi connectivity index (χ1v) is 12.2. The molecule has 36 heavy (non-hydrogen) atoms. The van der Waals surface area contributed by atoms with Crippen LogP contribution in [0.5, 0.6) is 11.5 Å². The fourth-order valence-corrected chi connectivity index (χ4v) is 4.45. The molecule has 0 bridgehead atoms. The van der Waals surface area contributed by atoms with Crippen LogP contribution < -0.4 is 10.1 Å². The van der Waals surface area contributed by atoms with Gasteiger partial charge in [0.15, 0.2) is 17.7 Å². The van der Waals surface area contributed by atoms with Gasteiger partial charge in [0, 0.05) is 6.54 Å². The predicted molar refractivity (Wildman–Crippen MR) is 136 cm³/mol. The van der Waals surface area contributed by atoms with Crippen LogP contribution in [0.15, 0.2) is 42.5 Å². The number of aromatic hydroxyl groups is 1. The molecule has 2 aromatic carbocycles. The van der Waals surface area contributed by atoms with Crippen molar-refractivity contribution in [2.24, 2.45) is 0 Å². The monoisotopic (exact) mass is 500 g/mol. The van der Waals surface area contributed by atoms with Crippen LogP contribution in [0, 0.1) is 0 Å². The molecule has 4 unspecified atom stereocenters. The van der Waals surface area contributed by atoms with Crippen molar-refractivity contribution in [3.05, 3.63) is 48.0 Å². The predicted octanol–water partition coefficient (Wildman–Crippen LogP) is 2.08. The Morgan fingerprint density at radius 3 is 2.69 bits per heavy atom. The van der Waals surface area contributed by atoms with E-state index in [2.05, 4.69) is 15.2 Å². The quantitative estimate of drug-likeness (QED) is 0.251. The van der Waals surface area contributed by atoms with E-state index in [0.29, 0.717) is 35.9 Å². The van der Waals surface area contributed by atoms with Crippen molar-refractivity contribution in [1.82, 2.24) is 14.5 Å². The lowest BCUT2D eigenvalue weighted by molar-refractivity contribution is -0.0939. The number of hydrogen-bond acceptors (Lipinski definition) is 9. The van der Waals surface area contributed by atoms with E-state index in [9.17, 15) is 20.4 Å². The number of nitrogens with one attached hydrogen (secondary N) is 1. The van der Waals surface area contributed by atoms with E-state index >= 15 is 0 Å². The van der Waals surface area contributed by atoms with Crippen LogP contribution in [0.25, 0.3) is 11.0 Å². The Bertz CT molecular complexity index is 1160. The molecule has 4 atom stereocenters. The number of nitrogens with zero attached hydrogens (tertiary/aromatic N) is 3. The summed E-state index contributed by atoms with van der Waals surface area (Å²) >= 11 is 0. The van der Waals surface area contributed by atoms with Gasteiger partial charge in [-0.25, -0.2) is 4.98 Å². The number of aliphatic hydroxyl groups is 3. The molecule has 0 spiro atoms. The van der Waals surface area contributed by atoms with Crippen LogP contribution in [0.1, 0.15) is 31.6 Å². The minimum Gasteiger partial charge on any atom is -0.504 e. The molecule has 2 heterocycles. The van der Waals surface area contributed by atoms with E-state index in [1.54, 1.807) is 22.8 Å². The molecule has 1 fully saturated rings. The van der Waals surface area contributed by atoms with Crippen molar-refractivity contribution < 1.29 is 29.9 Å². The number of hydrogen-bond donors (Lipinski definition) is 5. The number of para-hydroxylation sites is 2. The molecule has 1 aromatic heterocycles. The first-order valence-electron chi connectivity index (χ1n) is 12.2. The summed E-state index contributed by atoms with van der Waals surface area (Å²) in [6, 6.07) is 12.6. The molecule has 196 valence electrons. The Morgan fingerprint density at radius 1 is 1.19 bits per heavy atom. The van der Waals surface area contributed by atoms with Crippen molar-refractivity contribution in [3.63, 3.8) is 0 Å². The summed E-state index contributed by atoms with van der Waals surface area (Å²) in [5, 5.41) is 44.7. The minimum absolute atomic E-state index is 0.0815. The summed E-state index contributed by atoms with van der Waals surface area (Å²) in [5.74, 6) is 0.938. The summed E-state index contributed by atoms with van der Waals surface area (Å²) in [5.41, 5.74) is 0.610. The van der Waals surface area contributed by atoms with E-state index < -0.39 is 30.6 Å². The second kappa shape index (κ2) is 11.0. The lowest BCUT2D eigenvalue weighted by atomic mass is 9.96. The summed E-state index contributed by atoms with van der Waals surface area (Å²) in [4.78, 5) is 6.79. The van der Waals surface area contributed by atoms with E-state index in [1.807, 2.05) is 38.4 Å². The topological polar surface area (TPSA) is 132 Å². The molecular formula is C26H36N4O6. The number of rotatable bonds is 11. The second-order valence-corrected chi connectivity index (χ2v) is 9.69. The molecule has 1 aliphatic rings. The number of benzene rings is 2. The van der Waals surface area contributed by atoms with Crippen LogP contribution in [0.3, 0.4) is 0 Å². The molecule has 3 aromatic rings. The first-order chi connectivity index (χ1) is 17.2. The van der Waals surface area contributed by atoms with E-state index in [4.69, 9.17) is 9.47 Å². The Morgan fingerprint density at radius 2 is 1.97 bits per heavy atom. The van der Waals surface area contributed by atoms with Crippen molar-refractivity contribution in [1.29, 1.82) is 0 Å². The number of aromatic nitrogens is 2. The number of imidazole rings is 1. The van der Waals surface area contributed by atoms with Gasteiger partial charge in [-0.3, -0.25) is 4.57 Å². The standard InChI is InChI=1S/C26H36N4O6/c1-26(34)23(33)22(16-31)36-24(26)30-19-9-5-4-8-18(19)28-25(30)27-15-17-10-11-20(32)21(14-17)35-13-7-6-12-29(2)3/h4-5,8-11,14,22-24,31-34H,6-7,12-13,15-16H2,1-3H3,(H,27,28). The third kappa shape index (κ3) is 5.42. The van der Waals surface area contributed by atoms with Crippen LogP contribution in [0.2, 0.25) is 0 Å². The van der Waals surface area contributed by atoms with E-state index in [-0.39, 0.29) is 5.75 Å². The van der Waals surface area contributed by atoms with Gasteiger partial charge in [0.05, 0.1) is 24.2 Å².